The number of hydrogen-bond acceptors (Lipinski definition) is 6. The summed E-state index contributed by atoms with van der Waals surface area (Å²) in [5.41, 5.74) is 8.96. The van der Waals surface area contributed by atoms with Gasteiger partial charge in [-0.3, -0.25) is 0 Å². The normalized spacial score (nSPS) is 13.4. The van der Waals surface area contributed by atoms with E-state index in [9.17, 15) is 0 Å². The van der Waals surface area contributed by atoms with Crippen LogP contribution in [0, 0.1) is 0 Å². The molecule has 1 aromatic carbocycles. The van der Waals surface area contributed by atoms with Crippen LogP contribution in [-0.2, 0) is 12.8 Å². The average Bonchev–Trinajstić information content (AvgIpc) is 3.36. The fraction of sp³-hybridized carbons (Fsp3) is 0.167. The van der Waals surface area contributed by atoms with E-state index in [2.05, 4.69) is 10.1 Å². The number of nitrogens with zero attached hydrogens (tertiary/aromatic N) is 4. The number of aromatic nitrogens is 4. The monoisotopic (exact) mass is 349 g/mol. The van der Waals surface area contributed by atoms with Gasteiger partial charge < -0.3 is 10.2 Å². The minimum Gasteiger partial charge on any atom is -0.461 e. The predicted molar refractivity (Wildman–Crippen MR) is 95.5 cm³/mol. The van der Waals surface area contributed by atoms with Gasteiger partial charge in [0.1, 0.15) is 5.03 Å². The van der Waals surface area contributed by atoms with Crippen molar-refractivity contribution in [2.24, 2.45) is 0 Å². The second kappa shape index (κ2) is 5.63. The van der Waals surface area contributed by atoms with Gasteiger partial charge in [-0.15, -0.1) is 5.10 Å². The molecule has 0 fully saturated rings. The molecule has 0 unspecified atom stereocenters. The largest absolute Gasteiger partial charge is 0.461 e. The number of benzene rings is 1. The maximum absolute atomic E-state index is 5.80. The first-order chi connectivity index (χ1) is 12.3. The number of aryl methyl sites for hydroxylation is 1. The highest BCUT2D eigenvalue weighted by atomic mass is 32.2. The summed E-state index contributed by atoms with van der Waals surface area (Å²) in [6.07, 6.45) is 4.75. The van der Waals surface area contributed by atoms with Crippen molar-refractivity contribution in [1.82, 2.24) is 19.6 Å². The van der Waals surface area contributed by atoms with Crippen LogP contribution in [0.1, 0.15) is 17.7 Å². The summed E-state index contributed by atoms with van der Waals surface area (Å²) >= 11 is 1.68. The SMILES string of the molecule is Nc1ccc(Sc2c3c(nc4nc(-c5ccco5)nn24)CCC3)cc1. The van der Waals surface area contributed by atoms with Crippen LogP contribution in [0.4, 0.5) is 5.69 Å². The Bertz CT molecular complexity index is 1050. The van der Waals surface area contributed by atoms with Crippen molar-refractivity contribution in [2.75, 3.05) is 5.73 Å². The zero-order valence-corrected chi connectivity index (χ0v) is 14.2. The molecule has 3 aromatic heterocycles. The summed E-state index contributed by atoms with van der Waals surface area (Å²) in [5.74, 6) is 1.82. The number of anilines is 1. The molecule has 0 aliphatic heterocycles. The lowest BCUT2D eigenvalue weighted by molar-refractivity contribution is 0.577. The molecule has 1 aliphatic carbocycles. The molecule has 2 N–H and O–H groups in total. The first-order valence-electron chi connectivity index (χ1n) is 8.14. The molecule has 4 aromatic rings. The summed E-state index contributed by atoms with van der Waals surface area (Å²) in [6.45, 7) is 0. The molecule has 0 amide bonds. The molecular weight excluding hydrogens is 334 g/mol. The summed E-state index contributed by atoms with van der Waals surface area (Å²) in [6, 6.07) is 11.6. The molecule has 0 atom stereocenters. The van der Waals surface area contributed by atoms with E-state index in [0.29, 0.717) is 17.4 Å². The Labute approximate surface area is 148 Å². The summed E-state index contributed by atoms with van der Waals surface area (Å²) < 4.78 is 7.27. The van der Waals surface area contributed by atoms with Gasteiger partial charge in [-0.2, -0.15) is 9.50 Å². The van der Waals surface area contributed by atoms with Crippen molar-refractivity contribution in [3.05, 3.63) is 53.9 Å². The summed E-state index contributed by atoms with van der Waals surface area (Å²) in [4.78, 5) is 10.4. The van der Waals surface area contributed by atoms with Crippen molar-refractivity contribution >= 4 is 23.2 Å². The first-order valence-corrected chi connectivity index (χ1v) is 8.95. The van der Waals surface area contributed by atoms with Gasteiger partial charge in [0.05, 0.1) is 12.0 Å². The number of hydrogen-bond donors (Lipinski definition) is 1. The van der Waals surface area contributed by atoms with Crippen molar-refractivity contribution in [2.45, 2.75) is 29.2 Å². The van der Waals surface area contributed by atoms with Crippen LogP contribution in [0.3, 0.4) is 0 Å². The Kier molecular flexibility index (Phi) is 3.27. The lowest BCUT2D eigenvalue weighted by Gasteiger charge is -2.09. The highest BCUT2D eigenvalue weighted by Crippen LogP contribution is 2.36. The Hall–Kier alpha value is -2.80. The smallest absolute Gasteiger partial charge is 0.254 e. The highest BCUT2D eigenvalue weighted by molar-refractivity contribution is 7.99. The van der Waals surface area contributed by atoms with Crippen LogP contribution in [-0.4, -0.2) is 19.6 Å². The molecule has 25 heavy (non-hydrogen) atoms. The molecule has 0 spiro atoms. The lowest BCUT2D eigenvalue weighted by atomic mass is 10.3. The molecule has 0 saturated heterocycles. The number of nitrogen functional groups attached to an aromatic ring is 1. The van der Waals surface area contributed by atoms with Gasteiger partial charge in [-0.1, -0.05) is 11.8 Å². The molecule has 0 bridgehead atoms. The van der Waals surface area contributed by atoms with Crippen LogP contribution >= 0.6 is 11.8 Å². The van der Waals surface area contributed by atoms with E-state index < -0.39 is 0 Å². The number of nitrogens with two attached hydrogens (primary N) is 1. The zero-order valence-electron chi connectivity index (χ0n) is 13.3. The van der Waals surface area contributed by atoms with Crippen molar-refractivity contribution < 1.29 is 4.42 Å². The molecule has 124 valence electrons. The molecule has 3 heterocycles. The standard InChI is InChI=1S/C18H15N5OS/c19-11-6-8-12(9-7-11)25-17-13-3-1-4-14(13)20-18-21-16(22-23(17)18)15-5-2-10-24-15/h2,5-10H,1,3-4,19H2. The van der Waals surface area contributed by atoms with Crippen LogP contribution in [0.2, 0.25) is 0 Å². The van der Waals surface area contributed by atoms with E-state index in [0.717, 1.165) is 40.6 Å². The Morgan fingerprint density at radius 3 is 2.76 bits per heavy atom. The quantitative estimate of drug-likeness (QED) is 0.449. The van der Waals surface area contributed by atoms with Gasteiger partial charge in [0, 0.05) is 16.1 Å². The molecular formula is C18H15N5OS. The number of fused-ring (bicyclic) bond motifs is 2. The average molecular weight is 349 g/mol. The molecule has 6 nitrogen and oxygen atoms in total. The topological polar surface area (TPSA) is 82.2 Å². The minimum absolute atomic E-state index is 0.556. The third-order valence-corrected chi connectivity index (χ3v) is 5.42. The zero-order chi connectivity index (χ0) is 16.8. The molecule has 1 aliphatic rings. The second-order valence-electron chi connectivity index (χ2n) is 5.99. The Morgan fingerprint density at radius 1 is 1.08 bits per heavy atom. The van der Waals surface area contributed by atoms with Gasteiger partial charge in [0.2, 0.25) is 5.82 Å². The van der Waals surface area contributed by atoms with Gasteiger partial charge in [-0.25, -0.2) is 4.98 Å². The van der Waals surface area contributed by atoms with E-state index in [4.69, 9.17) is 15.1 Å². The predicted octanol–water partition coefficient (Wildman–Crippen LogP) is 3.61. The van der Waals surface area contributed by atoms with Crippen LogP contribution in [0.15, 0.2) is 57.0 Å². The van der Waals surface area contributed by atoms with Gasteiger partial charge >= 0.3 is 0 Å². The molecule has 5 rings (SSSR count). The van der Waals surface area contributed by atoms with Gasteiger partial charge in [0.25, 0.3) is 5.78 Å². The Morgan fingerprint density at radius 2 is 1.96 bits per heavy atom. The van der Waals surface area contributed by atoms with Crippen molar-refractivity contribution in [1.29, 1.82) is 0 Å². The Balaban J connectivity index is 1.68. The number of furan rings is 1. The van der Waals surface area contributed by atoms with E-state index >= 15 is 0 Å². The molecule has 0 radical (unpaired) electrons. The van der Waals surface area contributed by atoms with Gasteiger partial charge in [-0.05, 0) is 55.7 Å². The van der Waals surface area contributed by atoms with E-state index in [1.807, 2.05) is 40.9 Å². The van der Waals surface area contributed by atoms with E-state index in [1.165, 1.54) is 5.56 Å². The van der Waals surface area contributed by atoms with E-state index in [-0.39, 0.29) is 0 Å². The van der Waals surface area contributed by atoms with Crippen LogP contribution in [0.5, 0.6) is 0 Å². The third-order valence-electron chi connectivity index (χ3n) is 4.30. The maximum atomic E-state index is 5.80. The number of rotatable bonds is 3. The first kappa shape index (κ1) is 14.5. The molecule has 7 heteroatoms. The molecule has 0 saturated carbocycles. The maximum Gasteiger partial charge on any atom is 0.254 e. The fourth-order valence-corrected chi connectivity index (χ4v) is 4.15. The lowest BCUT2D eigenvalue weighted by Crippen LogP contribution is -2.02. The van der Waals surface area contributed by atoms with Crippen LogP contribution < -0.4 is 5.73 Å². The van der Waals surface area contributed by atoms with E-state index in [1.54, 1.807) is 18.0 Å². The van der Waals surface area contributed by atoms with Crippen molar-refractivity contribution in [3.63, 3.8) is 0 Å². The summed E-state index contributed by atoms with van der Waals surface area (Å²) in [7, 11) is 0. The second-order valence-corrected chi connectivity index (χ2v) is 7.05. The minimum atomic E-state index is 0.556. The van der Waals surface area contributed by atoms with Crippen molar-refractivity contribution in [3.8, 4) is 11.6 Å². The van der Waals surface area contributed by atoms with Crippen LogP contribution in [0.25, 0.3) is 17.4 Å². The third kappa shape index (κ3) is 2.47. The van der Waals surface area contributed by atoms with Gasteiger partial charge in [0.15, 0.2) is 5.76 Å². The fourth-order valence-electron chi connectivity index (χ4n) is 3.11. The highest BCUT2D eigenvalue weighted by Gasteiger charge is 2.23. The summed E-state index contributed by atoms with van der Waals surface area (Å²) in [5, 5.41) is 5.73.